The number of carboxylic acid groups (broad SMARTS) is 1. The third-order valence-electron chi connectivity index (χ3n) is 3.44. The van der Waals surface area contributed by atoms with Gasteiger partial charge in [-0.1, -0.05) is 6.42 Å². The maximum Gasteiger partial charge on any atom is 0.336 e. The van der Waals surface area contributed by atoms with Crippen molar-refractivity contribution in [2.75, 3.05) is 6.54 Å². The number of aliphatic hydroxyl groups is 1. The van der Waals surface area contributed by atoms with E-state index < -0.39 is 11.6 Å². The Hall–Kier alpha value is -0.910. The second-order valence-corrected chi connectivity index (χ2v) is 6.01. The van der Waals surface area contributed by atoms with Crippen LogP contribution in [-0.4, -0.2) is 28.8 Å². The molecule has 2 atom stereocenters. The molecule has 0 radical (unpaired) electrons. The van der Waals surface area contributed by atoms with E-state index in [-0.39, 0.29) is 11.6 Å². The lowest BCUT2D eigenvalue weighted by Crippen LogP contribution is -2.39. The van der Waals surface area contributed by atoms with Gasteiger partial charge in [0, 0.05) is 6.04 Å². The van der Waals surface area contributed by atoms with Gasteiger partial charge in [0.05, 0.1) is 16.0 Å². The van der Waals surface area contributed by atoms with E-state index in [0.717, 1.165) is 13.0 Å². The first-order valence-electron chi connectivity index (χ1n) is 6.28. The summed E-state index contributed by atoms with van der Waals surface area (Å²) < 4.78 is 0. The van der Waals surface area contributed by atoms with E-state index in [4.69, 9.17) is 5.11 Å². The second kappa shape index (κ2) is 5.38. The Labute approximate surface area is 111 Å². The highest BCUT2D eigenvalue weighted by molar-refractivity contribution is 7.10. The van der Waals surface area contributed by atoms with Crippen LogP contribution in [0.5, 0.6) is 0 Å². The first kappa shape index (κ1) is 13.5. The van der Waals surface area contributed by atoms with Crippen LogP contribution in [-0.2, 0) is 5.60 Å². The predicted molar refractivity (Wildman–Crippen MR) is 71.1 cm³/mol. The molecule has 2 rings (SSSR count). The van der Waals surface area contributed by atoms with Gasteiger partial charge in [0.1, 0.15) is 0 Å². The molecular formula is C13H19NO3S. The molecule has 0 amide bonds. The molecule has 1 aliphatic rings. The Morgan fingerprint density at radius 1 is 1.61 bits per heavy atom. The zero-order valence-electron chi connectivity index (χ0n) is 10.5. The minimum Gasteiger partial charge on any atom is -0.478 e. The molecule has 0 saturated carbocycles. The van der Waals surface area contributed by atoms with E-state index in [2.05, 4.69) is 5.32 Å². The molecule has 0 aliphatic carbocycles. The molecule has 2 heterocycles. The van der Waals surface area contributed by atoms with E-state index in [9.17, 15) is 9.90 Å². The SMILES string of the molecule is CC(O)(CC1CCCCN1)c1sccc1C(=O)O. The molecule has 18 heavy (non-hydrogen) atoms. The van der Waals surface area contributed by atoms with Gasteiger partial charge in [0.25, 0.3) is 0 Å². The predicted octanol–water partition coefficient (Wildman–Crippen LogP) is 2.19. The fourth-order valence-corrected chi connectivity index (χ4v) is 3.53. The number of rotatable bonds is 4. The maximum atomic E-state index is 11.1. The minimum absolute atomic E-state index is 0.223. The lowest BCUT2D eigenvalue weighted by molar-refractivity contribution is 0.0342. The summed E-state index contributed by atoms with van der Waals surface area (Å²) in [6.07, 6.45) is 3.96. The highest BCUT2D eigenvalue weighted by atomic mass is 32.1. The van der Waals surface area contributed by atoms with Crippen LogP contribution in [0.2, 0.25) is 0 Å². The highest BCUT2D eigenvalue weighted by Gasteiger charge is 2.32. The number of aromatic carboxylic acids is 1. The van der Waals surface area contributed by atoms with Gasteiger partial charge in [-0.2, -0.15) is 0 Å². The highest BCUT2D eigenvalue weighted by Crippen LogP contribution is 2.34. The van der Waals surface area contributed by atoms with Crippen molar-refractivity contribution in [2.45, 2.75) is 44.2 Å². The number of hydrogen-bond acceptors (Lipinski definition) is 4. The van der Waals surface area contributed by atoms with Crippen LogP contribution in [0.4, 0.5) is 0 Å². The number of carboxylic acids is 1. The topological polar surface area (TPSA) is 69.6 Å². The summed E-state index contributed by atoms with van der Waals surface area (Å²) in [5.41, 5.74) is -0.850. The Morgan fingerprint density at radius 2 is 2.39 bits per heavy atom. The zero-order chi connectivity index (χ0) is 13.2. The van der Waals surface area contributed by atoms with Crippen LogP contribution >= 0.6 is 11.3 Å². The van der Waals surface area contributed by atoms with Gasteiger partial charge in [0.2, 0.25) is 0 Å². The molecule has 4 nitrogen and oxygen atoms in total. The molecule has 1 fully saturated rings. The third kappa shape index (κ3) is 2.91. The van der Waals surface area contributed by atoms with E-state index in [0.29, 0.717) is 11.3 Å². The van der Waals surface area contributed by atoms with Gasteiger partial charge < -0.3 is 15.5 Å². The van der Waals surface area contributed by atoms with Crippen molar-refractivity contribution in [3.63, 3.8) is 0 Å². The molecular weight excluding hydrogens is 250 g/mol. The number of hydrogen-bond donors (Lipinski definition) is 3. The molecule has 2 unspecified atom stereocenters. The number of piperidine rings is 1. The Morgan fingerprint density at radius 3 is 3.00 bits per heavy atom. The Bertz CT molecular complexity index is 422. The lowest BCUT2D eigenvalue weighted by atomic mass is 9.89. The summed E-state index contributed by atoms with van der Waals surface area (Å²) in [5, 5.41) is 24.8. The average molecular weight is 269 g/mol. The number of carbonyl (C=O) groups is 1. The van der Waals surface area contributed by atoms with Crippen LogP contribution < -0.4 is 5.32 Å². The summed E-state index contributed by atoms with van der Waals surface area (Å²) >= 11 is 1.31. The monoisotopic (exact) mass is 269 g/mol. The fraction of sp³-hybridized carbons (Fsp3) is 0.615. The van der Waals surface area contributed by atoms with Crippen LogP contribution in [0.25, 0.3) is 0 Å². The molecule has 0 spiro atoms. The first-order valence-corrected chi connectivity index (χ1v) is 7.16. The smallest absolute Gasteiger partial charge is 0.336 e. The van der Waals surface area contributed by atoms with E-state index >= 15 is 0 Å². The largest absolute Gasteiger partial charge is 0.478 e. The van der Waals surface area contributed by atoms with Crippen molar-refractivity contribution < 1.29 is 15.0 Å². The average Bonchev–Trinajstić information content (AvgIpc) is 2.79. The van der Waals surface area contributed by atoms with Crippen molar-refractivity contribution in [1.29, 1.82) is 0 Å². The van der Waals surface area contributed by atoms with Crippen LogP contribution in [0.1, 0.15) is 47.8 Å². The van der Waals surface area contributed by atoms with Crippen molar-refractivity contribution in [3.05, 3.63) is 21.9 Å². The van der Waals surface area contributed by atoms with E-state index in [1.165, 1.54) is 24.2 Å². The minimum atomic E-state index is -1.07. The fourth-order valence-electron chi connectivity index (χ4n) is 2.57. The van der Waals surface area contributed by atoms with Gasteiger partial charge in [-0.25, -0.2) is 4.79 Å². The van der Waals surface area contributed by atoms with Crippen molar-refractivity contribution in [1.82, 2.24) is 5.32 Å². The van der Waals surface area contributed by atoms with Gasteiger partial charge in [0.15, 0.2) is 0 Å². The second-order valence-electron chi connectivity index (χ2n) is 5.09. The molecule has 1 aliphatic heterocycles. The molecule has 3 N–H and O–H groups in total. The zero-order valence-corrected chi connectivity index (χ0v) is 11.3. The molecule has 5 heteroatoms. The van der Waals surface area contributed by atoms with E-state index in [1.807, 2.05) is 0 Å². The molecule has 0 bridgehead atoms. The van der Waals surface area contributed by atoms with E-state index in [1.54, 1.807) is 18.4 Å². The summed E-state index contributed by atoms with van der Waals surface area (Å²) in [5.74, 6) is -0.969. The summed E-state index contributed by atoms with van der Waals surface area (Å²) in [4.78, 5) is 11.7. The summed E-state index contributed by atoms with van der Waals surface area (Å²) in [6, 6.07) is 1.84. The van der Waals surface area contributed by atoms with Gasteiger partial charge >= 0.3 is 5.97 Å². The summed E-state index contributed by atoms with van der Waals surface area (Å²) in [7, 11) is 0. The normalized spacial score (nSPS) is 23.6. The van der Waals surface area contributed by atoms with Crippen LogP contribution in [0.15, 0.2) is 11.4 Å². The molecule has 1 aromatic rings. The molecule has 0 aromatic carbocycles. The van der Waals surface area contributed by atoms with Crippen molar-refractivity contribution in [2.24, 2.45) is 0 Å². The summed E-state index contributed by atoms with van der Waals surface area (Å²) in [6.45, 7) is 2.69. The molecule has 1 saturated heterocycles. The maximum absolute atomic E-state index is 11.1. The van der Waals surface area contributed by atoms with Gasteiger partial charge in [-0.15, -0.1) is 11.3 Å². The first-order chi connectivity index (χ1) is 8.50. The van der Waals surface area contributed by atoms with Crippen molar-refractivity contribution >= 4 is 17.3 Å². The quantitative estimate of drug-likeness (QED) is 0.783. The number of thiophene rings is 1. The number of nitrogens with one attached hydrogen (secondary N) is 1. The molecule has 1 aromatic heterocycles. The van der Waals surface area contributed by atoms with Crippen molar-refractivity contribution in [3.8, 4) is 0 Å². The lowest BCUT2D eigenvalue weighted by Gasteiger charge is -2.31. The van der Waals surface area contributed by atoms with Crippen LogP contribution in [0, 0.1) is 0 Å². The Kier molecular flexibility index (Phi) is 4.04. The Balaban J connectivity index is 2.13. The van der Waals surface area contributed by atoms with Crippen LogP contribution in [0.3, 0.4) is 0 Å². The molecule has 100 valence electrons. The van der Waals surface area contributed by atoms with Gasteiger partial charge in [-0.3, -0.25) is 0 Å². The third-order valence-corrected chi connectivity index (χ3v) is 4.61. The van der Waals surface area contributed by atoms with Gasteiger partial charge in [-0.05, 0) is 44.2 Å². The standard InChI is InChI=1S/C13H19NO3S/c1-13(17,8-9-4-2-3-6-14-9)11-10(12(15)16)5-7-18-11/h5,7,9,14,17H,2-4,6,8H2,1H3,(H,15,16).